The number of pyridine rings is 1. The summed E-state index contributed by atoms with van der Waals surface area (Å²) >= 11 is 0. The van der Waals surface area contributed by atoms with Gasteiger partial charge >= 0.3 is 0 Å². The molecule has 1 aromatic rings. The monoisotopic (exact) mass is 192 g/mol. The van der Waals surface area contributed by atoms with Gasteiger partial charge in [-0.3, -0.25) is 4.98 Å². The molecule has 14 heavy (non-hydrogen) atoms. The molecule has 0 bridgehead atoms. The quantitative estimate of drug-likeness (QED) is 0.701. The molecule has 0 unspecified atom stereocenters. The minimum absolute atomic E-state index is 0.817. The molecule has 1 N–H and O–H groups in total. The van der Waals surface area contributed by atoms with Crippen LogP contribution in [0.4, 0.5) is 0 Å². The Morgan fingerprint density at radius 2 is 2.00 bits per heavy atom. The Hall–Kier alpha value is -0.890. The summed E-state index contributed by atoms with van der Waals surface area (Å²) in [6, 6.07) is 4.10. The van der Waals surface area contributed by atoms with Crippen LogP contribution < -0.4 is 5.32 Å². The summed E-state index contributed by atoms with van der Waals surface area (Å²) in [7, 11) is 0. The van der Waals surface area contributed by atoms with Crippen molar-refractivity contribution in [1.82, 2.24) is 10.3 Å². The smallest absolute Gasteiger partial charge is 0.0271 e. The van der Waals surface area contributed by atoms with Gasteiger partial charge in [0.2, 0.25) is 0 Å². The molecule has 0 saturated heterocycles. The highest BCUT2D eigenvalue weighted by Crippen LogP contribution is 2.02. The van der Waals surface area contributed by atoms with E-state index in [0.717, 1.165) is 19.0 Å². The zero-order valence-electron chi connectivity index (χ0n) is 9.16. The molecule has 0 spiro atoms. The fourth-order valence-electron chi connectivity index (χ4n) is 1.37. The Bertz CT molecular complexity index is 231. The molecule has 0 fully saturated rings. The van der Waals surface area contributed by atoms with Crippen molar-refractivity contribution in [3.8, 4) is 0 Å². The lowest BCUT2D eigenvalue weighted by molar-refractivity contribution is 0.527. The lowest BCUT2D eigenvalue weighted by Crippen LogP contribution is -2.15. The molecular formula is C12H20N2. The second-order valence-electron chi connectivity index (χ2n) is 4.07. The van der Waals surface area contributed by atoms with Crippen LogP contribution in [0, 0.1) is 5.92 Å². The Kier molecular flexibility index (Phi) is 5.23. The number of aromatic nitrogens is 1. The van der Waals surface area contributed by atoms with E-state index in [1.54, 1.807) is 0 Å². The molecule has 0 aliphatic rings. The lowest BCUT2D eigenvalue weighted by atomic mass is 10.1. The maximum Gasteiger partial charge on any atom is 0.0271 e. The van der Waals surface area contributed by atoms with Crippen LogP contribution in [0.5, 0.6) is 0 Å². The van der Waals surface area contributed by atoms with Crippen molar-refractivity contribution < 1.29 is 0 Å². The van der Waals surface area contributed by atoms with Crippen molar-refractivity contribution in [3.63, 3.8) is 0 Å². The van der Waals surface area contributed by atoms with E-state index >= 15 is 0 Å². The molecule has 2 nitrogen and oxygen atoms in total. The van der Waals surface area contributed by atoms with Crippen LogP contribution in [0.2, 0.25) is 0 Å². The predicted molar refractivity (Wildman–Crippen MR) is 60.0 cm³/mol. The van der Waals surface area contributed by atoms with E-state index in [2.05, 4.69) is 36.3 Å². The van der Waals surface area contributed by atoms with Crippen LogP contribution in [0.15, 0.2) is 24.5 Å². The summed E-state index contributed by atoms with van der Waals surface area (Å²) in [6.45, 7) is 6.60. The predicted octanol–water partition coefficient (Wildman–Crippen LogP) is 2.61. The highest BCUT2D eigenvalue weighted by atomic mass is 14.8. The standard InChI is InChI=1S/C12H20N2/c1-11(2)4-3-7-14-10-12-5-8-13-9-6-12/h5-6,8-9,11,14H,3-4,7,10H2,1-2H3. The van der Waals surface area contributed by atoms with Crippen molar-refractivity contribution in [2.45, 2.75) is 33.2 Å². The van der Waals surface area contributed by atoms with Gasteiger partial charge in [0, 0.05) is 18.9 Å². The molecule has 0 saturated carbocycles. The third-order valence-electron chi connectivity index (χ3n) is 2.21. The molecule has 0 atom stereocenters. The van der Waals surface area contributed by atoms with E-state index in [-0.39, 0.29) is 0 Å². The first-order valence-electron chi connectivity index (χ1n) is 5.38. The number of rotatable bonds is 6. The van der Waals surface area contributed by atoms with Gasteiger partial charge in [0.25, 0.3) is 0 Å². The molecule has 1 aromatic heterocycles. The Labute approximate surface area is 86.8 Å². The topological polar surface area (TPSA) is 24.9 Å². The van der Waals surface area contributed by atoms with E-state index < -0.39 is 0 Å². The van der Waals surface area contributed by atoms with Crippen LogP contribution in [0.3, 0.4) is 0 Å². The summed E-state index contributed by atoms with van der Waals surface area (Å²) in [4.78, 5) is 3.99. The average Bonchev–Trinajstić information content (AvgIpc) is 2.18. The van der Waals surface area contributed by atoms with Gasteiger partial charge in [-0.1, -0.05) is 13.8 Å². The molecule has 0 aliphatic carbocycles. The SMILES string of the molecule is CC(C)CCCNCc1ccncc1. The van der Waals surface area contributed by atoms with Crippen LogP contribution in [-0.2, 0) is 6.54 Å². The van der Waals surface area contributed by atoms with Gasteiger partial charge in [0.15, 0.2) is 0 Å². The van der Waals surface area contributed by atoms with Crippen LogP contribution in [0.25, 0.3) is 0 Å². The summed E-state index contributed by atoms with van der Waals surface area (Å²) in [5, 5.41) is 3.43. The minimum Gasteiger partial charge on any atom is -0.313 e. The van der Waals surface area contributed by atoms with Gasteiger partial charge in [-0.05, 0) is 43.0 Å². The molecule has 0 amide bonds. The van der Waals surface area contributed by atoms with E-state index in [4.69, 9.17) is 0 Å². The van der Waals surface area contributed by atoms with Gasteiger partial charge in [-0.25, -0.2) is 0 Å². The second kappa shape index (κ2) is 6.55. The molecule has 78 valence electrons. The first-order chi connectivity index (χ1) is 6.79. The molecule has 1 rings (SSSR count). The normalized spacial score (nSPS) is 10.8. The fraction of sp³-hybridized carbons (Fsp3) is 0.583. The third kappa shape index (κ3) is 4.97. The molecule has 0 radical (unpaired) electrons. The number of hydrogen-bond acceptors (Lipinski definition) is 2. The van der Waals surface area contributed by atoms with Crippen molar-refractivity contribution >= 4 is 0 Å². The zero-order chi connectivity index (χ0) is 10.2. The van der Waals surface area contributed by atoms with Crippen LogP contribution >= 0.6 is 0 Å². The number of nitrogens with zero attached hydrogens (tertiary/aromatic N) is 1. The van der Waals surface area contributed by atoms with Gasteiger partial charge < -0.3 is 5.32 Å². The Morgan fingerprint density at radius 1 is 1.29 bits per heavy atom. The first kappa shape index (κ1) is 11.2. The molecule has 2 heteroatoms. The lowest BCUT2D eigenvalue weighted by Gasteiger charge is -2.06. The average molecular weight is 192 g/mol. The maximum atomic E-state index is 3.99. The van der Waals surface area contributed by atoms with Crippen LogP contribution in [-0.4, -0.2) is 11.5 Å². The fourth-order valence-corrected chi connectivity index (χ4v) is 1.37. The Morgan fingerprint density at radius 3 is 2.64 bits per heavy atom. The van der Waals surface area contributed by atoms with Gasteiger partial charge in [-0.15, -0.1) is 0 Å². The summed E-state index contributed by atoms with van der Waals surface area (Å²) in [6.07, 6.45) is 6.25. The Balaban J connectivity index is 2.05. The van der Waals surface area contributed by atoms with E-state index in [1.807, 2.05) is 12.4 Å². The molecular weight excluding hydrogens is 172 g/mol. The third-order valence-corrected chi connectivity index (χ3v) is 2.21. The largest absolute Gasteiger partial charge is 0.313 e. The minimum atomic E-state index is 0.817. The highest BCUT2D eigenvalue weighted by molar-refractivity contribution is 5.08. The summed E-state index contributed by atoms with van der Waals surface area (Å²) in [5.74, 6) is 0.817. The van der Waals surface area contributed by atoms with E-state index in [9.17, 15) is 0 Å². The number of nitrogens with one attached hydrogen (secondary N) is 1. The summed E-state index contributed by atoms with van der Waals surface area (Å²) < 4.78 is 0. The van der Waals surface area contributed by atoms with Gasteiger partial charge in [0.1, 0.15) is 0 Å². The van der Waals surface area contributed by atoms with Crippen molar-refractivity contribution in [2.24, 2.45) is 5.92 Å². The molecule has 1 heterocycles. The highest BCUT2D eigenvalue weighted by Gasteiger charge is 1.94. The van der Waals surface area contributed by atoms with E-state index in [1.165, 1.54) is 18.4 Å². The summed E-state index contributed by atoms with van der Waals surface area (Å²) in [5.41, 5.74) is 1.31. The maximum absolute atomic E-state index is 3.99. The van der Waals surface area contributed by atoms with Crippen molar-refractivity contribution in [1.29, 1.82) is 0 Å². The van der Waals surface area contributed by atoms with E-state index in [0.29, 0.717) is 0 Å². The van der Waals surface area contributed by atoms with Crippen molar-refractivity contribution in [2.75, 3.05) is 6.54 Å². The molecule has 0 aromatic carbocycles. The van der Waals surface area contributed by atoms with Gasteiger partial charge in [-0.2, -0.15) is 0 Å². The number of hydrogen-bond donors (Lipinski definition) is 1. The second-order valence-corrected chi connectivity index (χ2v) is 4.07. The van der Waals surface area contributed by atoms with Crippen molar-refractivity contribution in [3.05, 3.63) is 30.1 Å². The van der Waals surface area contributed by atoms with Crippen LogP contribution in [0.1, 0.15) is 32.3 Å². The first-order valence-corrected chi connectivity index (χ1v) is 5.38. The zero-order valence-corrected chi connectivity index (χ0v) is 9.16. The molecule has 0 aliphatic heterocycles. The van der Waals surface area contributed by atoms with Gasteiger partial charge in [0.05, 0.1) is 0 Å².